The summed E-state index contributed by atoms with van der Waals surface area (Å²) < 4.78 is 9.88. The Labute approximate surface area is 87.6 Å². The van der Waals surface area contributed by atoms with Gasteiger partial charge in [-0.05, 0) is 12.1 Å². The number of ether oxygens (including phenoxy) is 2. The maximum Gasteiger partial charge on any atom is 0.341 e. The van der Waals surface area contributed by atoms with Crippen LogP contribution in [0.25, 0.3) is 0 Å². The minimum absolute atomic E-state index is 0.207. The normalized spacial score (nSPS) is 9.57. The van der Waals surface area contributed by atoms with E-state index in [2.05, 4.69) is 0 Å². The Morgan fingerprint density at radius 1 is 1.43 bits per heavy atom. The van der Waals surface area contributed by atoms with E-state index in [1.165, 1.54) is 7.11 Å². The number of para-hydroxylation sites is 1. The van der Waals surface area contributed by atoms with E-state index in [1.54, 1.807) is 24.3 Å². The van der Waals surface area contributed by atoms with Gasteiger partial charge in [0.15, 0.2) is 0 Å². The SMILES string of the molecule is COc1ccccc1C(=O)OCCCl. The van der Waals surface area contributed by atoms with Gasteiger partial charge in [0.25, 0.3) is 0 Å². The molecule has 0 aliphatic carbocycles. The highest BCUT2D eigenvalue weighted by molar-refractivity contribution is 6.18. The molecule has 0 saturated carbocycles. The maximum absolute atomic E-state index is 11.4. The second-order valence-corrected chi connectivity index (χ2v) is 2.90. The van der Waals surface area contributed by atoms with Gasteiger partial charge in [-0.2, -0.15) is 0 Å². The molecule has 0 fully saturated rings. The molecule has 0 radical (unpaired) electrons. The van der Waals surface area contributed by atoms with E-state index in [9.17, 15) is 4.79 Å². The van der Waals surface area contributed by atoms with Crippen LogP contribution in [0.5, 0.6) is 5.75 Å². The molecule has 0 spiro atoms. The molecule has 0 aliphatic heterocycles. The summed E-state index contributed by atoms with van der Waals surface area (Å²) in [5.74, 6) is 0.385. The smallest absolute Gasteiger partial charge is 0.341 e. The van der Waals surface area contributed by atoms with Gasteiger partial charge in [0, 0.05) is 0 Å². The van der Waals surface area contributed by atoms with Gasteiger partial charge in [0.2, 0.25) is 0 Å². The lowest BCUT2D eigenvalue weighted by atomic mass is 10.2. The first-order valence-electron chi connectivity index (χ1n) is 4.15. The molecule has 0 saturated heterocycles. The summed E-state index contributed by atoms with van der Waals surface area (Å²) in [4.78, 5) is 11.4. The zero-order valence-corrected chi connectivity index (χ0v) is 8.58. The van der Waals surface area contributed by atoms with Gasteiger partial charge in [-0.25, -0.2) is 4.79 Å². The van der Waals surface area contributed by atoms with Crippen LogP contribution >= 0.6 is 11.6 Å². The Morgan fingerprint density at radius 2 is 2.14 bits per heavy atom. The third-order valence-electron chi connectivity index (χ3n) is 1.64. The molecule has 0 heterocycles. The fourth-order valence-electron chi connectivity index (χ4n) is 1.02. The third-order valence-corrected chi connectivity index (χ3v) is 1.79. The molecule has 0 atom stereocenters. The summed E-state index contributed by atoms with van der Waals surface area (Å²) in [6.45, 7) is 0.207. The highest BCUT2D eigenvalue weighted by Crippen LogP contribution is 2.17. The van der Waals surface area contributed by atoms with Crippen molar-refractivity contribution < 1.29 is 14.3 Å². The van der Waals surface area contributed by atoms with Crippen molar-refractivity contribution in [2.24, 2.45) is 0 Å². The molecule has 3 nitrogen and oxygen atoms in total. The van der Waals surface area contributed by atoms with Gasteiger partial charge in [0.05, 0.1) is 13.0 Å². The summed E-state index contributed by atoms with van der Waals surface area (Å²) in [7, 11) is 1.51. The molecule has 0 bridgehead atoms. The van der Waals surface area contributed by atoms with Gasteiger partial charge in [0.1, 0.15) is 17.9 Å². The van der Waals surface area contributed by atoms with Crippen molar-refractivity contribution in [3.05, 3.63) is 29.8 Å². The number of carbonyl (C=O) groups excluding carboxylic acids is 1. The quantitative estimate of drug-likeness (QED) is 0.569. The van der Waals surface area contributed by atoms with Crippen LogP contribution in [0.1, 0.15) is 10.4 Å². The second kappa shape index (κ2) is 5.50. The fraction of sp³-hybridized carbons (Fsp3) is 0.300. The molecule has 1 aromatic rings. The minimum atomic E-state index is -0.414. The fourth-order valence-corrected chi connectivity index (χ4v) is 1.10. The molecular formula is C10H11ClO3. The van der Waals surface area contributed by atoms with Crippen LogP contribution in [0.4, 0.5) is 0 Å². The first kappa shape index (κ1) is 10.9. The lowest BCUT2D eigenvalue weighted by Crippen LogP contribution is -2.08. The molecule has 0 amide bonds. The van der Waals surface area contributed by atoms with Crippen molar-refractivity contribution in [1.29, 1.82) is 0 Å². The van der Waals surface area contributed by atoms with Crippen LogP contribution in [0.15, 0.2) is 24.3 Å². The lowest BCUT2D eigenvalue weighted by molar-refractivity contribution is 0.0525. The highest BCUT2D eigenvalue weighted by Gasteiger charge is 2.11. The van der Waals surface area contributed by atoms with Crippen LogP contribution in [0.3, 0.4) is 0 Å². The van der Waals surface area contributed by atoms with Gasteiger partial charge in [-0.15, -0.1) is 11.6 Å². The molecule has 1 aromatic carbocycles. The van der Waals surface area contributed by atoms with Crippen LogP contribution in [0, 0.1) is 0 Å². The molecule has 4 heteroatoms. The number of benzene rings is 1. The van der Waals surface area contributed by atoms with E-state index >= 15 is 0 Å². The first-order chi connectivity index (χ1) is 6.79. The average molecular weight is 215 g/mol. The molecule has 0 aromatic heterocycles. The minimum Gasteiger partial charge on any atom is -0.496 e. The van der Waals surface area contributed by atoms with E-state index in [0.29, 0.717) is 17.2 Å². The van der Waals surface area contributed by atoms with Crippen molar-refractivity contribution in [2.45, 2.75) is 0 Å². The molecule has 76 valence electrons. The van der Waals surface area contributed by atoms with Crippen molar-refractivity contribution in [3.8, 4) is 5.75 Å². The molecule has 14 heavy (non-hydrogen) atoms. The maximum atomic E-state index is 11.4. The Kier molecular flexibility index (Phi) is 4.26. The molecule has 0 N–H and O–H groups in total. The number of hydrogen-bond donors (Lipinski definition) is 0. The number of halogens is 1. The number of alkyl halides is 1. The topological polar surface area (TPSA) is 35.5 Å². The van der Waals surface area contributed by atoms with Crippen LogP contribution in [0.2, 0.25) is 0 Å². The largest absolute Gasteiger partial charge is 0.496 e. The van der Waals surface area contributed by atoms with E-state index in [1.807, 2.05) is 0 Å². The molecule has 1 rings (SSSR count). The van der Waals surface area contributed by atoms with E-state index in [0.717, 1.165) is 0 Å². The summed E-state index contributed by atoms with van der Waals surface area (Å²) in [6, 6.07) is 6.89. The van der Waals surface area contributed by atoms with Crippen molar-refractivity contribution >= 4 is 17.6 Å². The van der Waals surface area contributed by atoms with E-state index in [4.69, 9.17) is 21.1 Å². The van der Waals surface area contributed by atoms with E-state index in [-0.39, 0.29) is 6.61 Å². The van der Waals surface area contributed by atoms with E-state index < -0.39 is 5.97 Å². The Hall–Kier alpha value is -1.22. The second-order valence-electron chi connectivity index (χ2n) is 2.53. The highest BCUT2D eigenvalue weighted by atomic mass is 35.5. The van der Waals surface area contributed by atoms with Gasteiger partial charge < -0.3 is 9.47 Å². The zero-order chi connectivity index (χ0) is 10.4. The number of carbonyl (C=O) groups is 1. The molecular weight excluding hydrogens is 204 g/mol. The van der Waals surface area contributed by atoms with Crippen LogP contribution in [-0.4, -0.2) is 25.6 Å². The standard InChI is InChI=1S/C10H11ClO3/c1-13-9-5-3-2-4-8(9)10(12)14-7-6-11/h2-5H,6-7H2,1H3. The zero-order valence-electron chi connectivity index (χ0n) is 7.83. The number of esters is 1. The molecule has 0 unspecified atom stereocenters. The summed E-state index contributed by atoms with van der Waals surface area (Å²) in [5, 5.41) is 0. The predicted molar refractivity (Wildman–Crippen MR) is 54.0 cm³/mol. The Morgan fingerprint density at radius 3 is 2.79 bits per heavy atom. The van der Waals surface area contributed by atoms with Crippen LogP contribution in [-0.2, 0) is 4.74 Å². The summed E-state index contributed by atoms with van der Waals surface area (Å²) in [6.07, 6.45) is 0. The average Bonchev–Trinajstić information content (AvgIpc) is 2.25. The number of hydrogen-bond acceptors (Lipinski definition) is 3. The van der Waals surface area contributed by atoms with Gasteiger partial charge in [-0.3, -0.25) is 0 Å². The summed E-state index contributed by atoms with van der Waals surface area (Å²) in [5.41, 5.74) is 0.417. The van der Waals surface area contributed by atoms with Gasteiger partial charge >= 0.3 is 5.97 Å². The summed E-state index contributed by atoms with van der Waals surface area (Å²) >= 11 is 5.40. The molecule has 0 aliphatic rings. The van der Waals surface area contributed by atoms with Crippen molar-refractivity contribution in [3.63, 3.8) is 0 Å². The number of methoxy groups -OCH3 is 1. The number of rotatable bonds is 4. The lowest BCUT2D eigenvalue weighted by Gasteiger charge is -2.06. The van der Waals surface area contributed by atoms with Crippen molar-refractivity contribution in [2.75, 3.05) is 19.6 Å². The van der Waals surface area contributed by atoms with Crippen molar-refractivity contribution in [1.82, 2.24) is 0 Å². The Balaban J connectivity index is 2.78. The monoisotopic (exact) mass is 214 g/mol. The predicted octanol–water partition coefficient (Wildman–Crippen LogP) is 2.09. The van der Waals surface area contributed by atoms with Crippen LogP contribution < -0.4 is 4.74 Å². The third kappa shape index (κ3) is 2.64. The first-order valence-corrected chi connectivity index (χ1v) is 4.69. The van der Waals surface area contributed by atoms with Gasteiger partial charge in [-0.1, -0.05) is 12.1 Å². The Bertz CT molecular complexity index is 312.